The molecule has 1 heteroatoms. The summed E-state index contributed by atoms with van der Waals surface area (Å²) in [5, 5.41) is 0. The van der Waals surface area contributed by atoms with Crippen LogP contribution in [0.1, 0.15) is 79.1 Å². The quantitative estimate of drug-likeness (QED) is 0.364. The Morgan fingerprint density at radius 2 is 1.24 bits per heavy atom. The van der Waals surface area contributed by atoms with E-state index < -0.39 is 22.9 Å². The normalized spacial score (nSPS) is 18.5. The molecule has 0 saturated carbocycles. The van der Waals surface area contributed by atoms with Gasteiger partial charge in [-0.1, -0.05) is 0 Å². The van der Waals surface area contributed by atoms with E-state index in [9.17, 15) is 0 Å². The average Bonchev–Trinajstić information content (AvgIpc) is 3.00. The first kappa shape index (κ1) is 17.2. The maximum absolute atomic E-state index is 2.49. The molecule has 2 aliphatic rings. The fourth-order valence-corrected chi connectivity index (χ4v) is 9.20. The van der Waals surface area contributed by atoms with Crippen LogP contribution in [0.25, 0.3) is 0 Å². The van der Waals surface area contributed by atoms with Gasteiger partial charge in [-0.2, -0.15) is 0 Å². The molecule has 0 heterocycles. The monoisotopic (exact) mass is 450 g/mol. The Morgan fingerprint density at radius 1 is 0.810 bits per heavy atom. The van der Waals surface area contributed by atoms with Crippen LogP contribution >= 0.6 is 0 Å². The van der Waals surface area contributed by atoms with Gasteiger partial charge in [0.25, 0.3) is 0 Å². The molecule has 0 bridgehead atoms. The second-order valence-electron chi connectivity index (χ2n) is 6.47. The molecule has 0 aliphatic heterocycles. The van der Waals surface area contributed by atoms with Crippen LogP contribution in [-0.2, 0) is 22.9 Å². The minimum absolute atomic E-state index is 0.841. The van der Waals surface area contributed by atoms with Crippen LogP contribution in [0.2, 0.25) is 0 Å². The third-order valence-electron chi connectivity index (χ3n) is 4.72. The van der Waals surface area contributed by atoms with Crippen molar-refractivity contribution in [1.82, 2.24) is 0 Å². The molecule has 2 aliphatic carbocycles. The summed E-state index contributed by atoms with van der Waals surface area (Å²) in [5.74, 6) is 0. The Balaban J connectivity index is 2.16. The van der Waals surface area contributed by atoms with E-state index in [1.165, 1.54) is 51.4 Å². The van der Waals surface area contributed by atoms with Gasteiger partial charge in [0, 0.05) is 0 Å². The molecule has 0 fully saturated rings. The molecule has 0 aromatic rings. The molecule has 0 radical (unpaired) electrons. The Labute approximate surface area is 142 Å². The van der Waals surface area contributed by atoms with Crippen molar-refractivity contribution in [3.63, 3.8) is 0 Å². The molecule has 0 unspecified atom stereocenters. The average molecular weight is 449 g/mol. The summed E-state index contributed by atoms with van der Waals surface area (Å²) < 4.78 is 3.73. The van der Waals surface area contributed by atoms with Crippen molar-refractivity contribution in [2.75, 3.05) is 0 Å². The predicted octanol–water partition coefficient (Wildman–Crippen LogP) is 6.66. The first-order chi connectivity index (χ1) is 10.2. The fraction of sp³-hybridized carbons (Fsp3) is 0.600. The fourth-order valence-electron chi connectivity index (χ4n) is 3.25. The zero-order chi connectivity index (χ0) is 15.2. The maximum atomic E-state index is 2.49. The zero-order valence-corrected chi connectivity index (χ0v) is 17.9. The summed E-state index contributed by atoms with van der Waals surface area (Å²) in [5.41, 5.74) is 6.87. The first-order valence-electron chi connectivity index (χ1n) is 8.72. The third kappa shape index (κ3) is 4.41. The molecule has 0 nitrogen and oxygen atoms in total. The van der Waals surface area contributed by atoms with Gasteiger partial charge in [-0.15, -0.1) is 0 Å². The Hall–Kier alpha value is -0.170. The van der Waals surface area contributed by atoms with Crippen molar-refractivity contribution in [2.45, 2.75) is 79.1 Å². The van der Waals surface area contributed by atoms with Gasteiger partial charge in [0.1, 0.15) is 0 Å². The molecule has 0 saturated heterocycles. The van der Waals surface area contributed by atoms with Gasteiger partial charge in [0.2, 0.25) is 0 Å². The van der Waals surface area contributed by atoms with Gasteiger partial charge in [-0.05, 0) is 0 Å². The van der Waals surface area contributed by atoms with Crippen molar-refractivity contribution >= 4 is 0 Å². The van der Waals surface area contributed by atoms with E-state index in [1.54, 1.807) is 22.3 Å². The summed E-state index contributed by atoms with van der Waals surface area (Å²) in [4.78, 5) is 0. The Bertz CT molecular complexity index is 454. The molecule has 0 N–H and O–H groups in total. The van der Waals surface area contributed by atoms with Gasteiger partial charge in [-0.25, -0.2) is 0 Å². The molecule has 2 rings (SSSR count). The molecular weight excluding hydrogens is 419 g/mol. The van der Waals surface area contributed by atoms with Crippen LogP contribution in [0.15, 0.2) is 41.1 Å². The van der Waals surface area contributed by atoms with E-state index in [4.69, 9.17) is 0 Å². The number of rotatable bonds is 8. The number of allylic oxidation sites excluding steroid dienone is 8. The van der Waals surface area contributed by atoms with Crippen molar-refractivity contribution in [3.8, 4) is 0 Å². The van der Waals surface area contributed by atoms with E-state index in [2.05, 4.69) is 39.8 Å². The van der Waals surface area contributed by atoms with Crippen LogP contribution < -0.4 is 0 Å². The molecular formula is C20H30Hf. The van der Waals surface area contributed by atoms with E-state index in [1.807, 2.05) is 6.66 Å². The Kier molecular flexibility index (Phi) is 6.92. The van der Waals surface area contributed by atoms with E-state index in [0.29, 0.717) is 0 Å². The predicted molar refractivity (Wildman–Crippen MR) is 89.9 cm³/mol. The molecule has 0 aromatic carbocycles. The first-order valence-corrected chi connectivity index (χ1v) is 12.3. The molecule has 114 valence electrons. The molecule has 0 aromatic heterocycles. The second-order valence-corrected chi connectivity index (χ2v) is 11.0. The van der Waals surface area contributed by atoms with E-state index in [0.717, 1.165) is 0 Å². The minimum atomic E-state index is -0.841. The van der Waals surface area contributed by atoms with Gasteiger partial charge in [0.05, 0.1) is 0 Å². The van der Waals surface area contributed by atoms with Crippen LogP contribution in [0.3, 0.4) is 0 Å². The third-order valence-corrected chi connectivity index (χ3v) is 11.9. The standard InChI is InChI=1S/2C10H15.Hf/c2*1-3-4-5-10-7-6-9(2)8-10;/h2*6H,3-5,7H2,1-2H3;. The number of hydrogen-bond donors (Lipinski definition) is 0. The van der Waals surface area contributed by atoms with Crippen LogP contribution in [0.4, 0.5) is 0 Å². The SMILES string of the molecule is CCCCC1=[C]([Hf][C]2=C(CCCC)CC=C2C)C(C)=CC1. The second kappa shape index (κ2) is 8.46. The van der Waals surface area contributed by atoms with E-state index >= 15 is 0 Å². The number of hydrogen-bond acceptors (Lipinski definition) is 0. The summed E-state index contributed by atoms with van der Waals surface area (Å²) in [6.45, 7) is 9.35. The van der Waals surface area contributed by atoms with Gasteiger partial charge in [0.15, 0.2) is 0 Å². The molecule has 0 atom stereocenters. The summed E-state index contributed by atoms with van der Waals surface area (Å²) in [7, 11) is 0. The van der Waals surface area contributed by atoms with Crippen LogP contribution in [-0.4, -0.2) is 0 Å². The van der Waals surface area contributed by atoms with Gasteiger partial charge in [-0.3, -0.25) is 0 Å². The molecule has 0 spiro atoms. The topological polar surface area (TPSA) is 0 Å². The van der Waals surface area contributed by atoms with Crippen molar-refractivity contribution in [1.29, 1.82) is 0 Å². The van der Waals surface area contributed by atoms with Crippen LogP contribution in [0, 0.1) is 0 Å². The number of unbranched alkanes of at least 4 members (excludes halogenated alkanes) is 2. The molecule has 21 heavy (non-hydrogen) atoms. The van der Waals surface area contributed by atoms with Gasteiger partial charge >= 0.3 is 143 Å². The van der Waals surface area contributed by atoms with Crippen molar-refractivity contribution in [3.05, 3.63) is 41.1 Å². The van der Waals surface area contributed by atoms with Crippen LogP contribution in [0.5, 0.6) is 0 Å². The van der Waals surface area contributed by atoms with Crippen molar-refractivity contribution in [2.24, 2.45) is 0 Å². The van der Waals surface area contributed by atoms with Gasteiger partial charge < -0.3 is 0 Å². The van der Waals surface area contributed by atoms with E-state index in [-0.39, 0.29) is 0 Å². The Morgan fingerprint density at radius 3 is 1.62 bits per heavy atom. The summed E-state index contributed by atoms with van der Waals surface area (Å²) in [6.07, 6.45) is 15.6. The van der Waals surface area contributed by atoms with Crippen molar-refractivity contribution < 1.29 is 22.9 Å². The summed E-state index contributed by atoms with van der Waals surface area (Å²) in [6, 6.07) is 0. The summed E-state index contributed by atoms with van der Waals surface area (Å²) >= 11 is -0.841. The zero-order valence-electron chi connectivity index (χ0n) is 14.3. The molecule has 0 amide bonds.